The van der Waals surface area contributed by atoms with Crippen LogP contribution < -0.4 is 5.32 Å². The summed E-state index contributed by atoms with van der Waals surface area (Å²) >= 11 is 0. The number of ether oxygens (including phenoxy) is 2. The molecule has 1 N–H and O–H groups in total. The number of carbonyl (C=O) groups is 4. The number of hydrogen-bond donors (Lipinski definition) is 1. The van der Waals surface area contributed by atoms with Crippen molar-refractivity contribution < 1.29 is 28.7 Å². The summed E-state index contributed by atoms with van der Waals surface area (Å²) in [6.07, 6.45) is 18.7. The first-order valence-electron chi connectivity index (χ1n) is 22.6. The lowest BCUT2D eigenvalue weighted by Crippen LogP contribution is -2.65. The van der Waals surface area contributed by atoms with E-state index in [4.69, 9.17) is 9.47 Å². The number of amides is 1. The molecule has 56 heavy (non-hydrogen) atoms. The fraction of sp³-hybridized carbons (Fsp3) is 0.837. The molecular weight excluding hydrogens is 699 g/mol. The monoisotopic (exact) mass is 776 g/mol. The molecule has 6 aliphatic carbocycles. The number of Topliss-reactive ketones (excluding diaryl/α,β-unsaturated/α-hetero) is 1. The van der Waals surface area contributed by atoms with E-state index in [0.29, 0.717) is 35.9 Å². The van der Waals surface area contributed by atoms with Crippen LogP contribution in [0.1, 0.15) is 179 Å². The van der Waals surface area contributed by atoms with Crippen LogP contribution in [-0.2, 0) is 28.7 Å². The van der Waals surface area contributed by atoms with Gasteiger partial charge in [-0.05, 0) is 162 Å². The topological polar surface area (TPSA) is 98.8 Å². The van der Waals surface area contributed by atoms with Crippen LogP contribution in [0.25, 0.3) is 0 Å². The molecule has 5 fully saturated rings. The summed E-state index contributed by atoms with van der Waals surface area (Å²) in [4.78, 5) is 53.8. The lowest BCUT2D eigenvalue weighted by Gasteiger charge is -2.72. The first kappa shape index (κ1) is 43.1. The average Bonchev–Trinajstić information content (AvgIpc) is 3.40. The number of hydrogen-bond acceptors (Lipinski definition) is 6. The molecule has 0 aromatic heterocycles. The van der Waals surface area contributed by atoms with E-state index in [0.717, 1.165) is 63.5 Å². The van der Waals surface area contributed by atoms with E-state index < -0.39 is 11.0 Å². The minimum atomic E-state index is -0.971. The number of allylic oxidation sites excluding steroid dienone is 3. The number of carbonyl (C=O) groups excluding carboxylic acids is 4. The molecule has 314 valence electrons. The van der Waals surface area contributed by atoms with E-state index in [9.17, 15) is 19.2 Å². The van der Waals surface area contributed by atoms with Crippen molar-refractivity contribution in [3.05, 3.63) is 23.3 Å². The minimum Gasteiger partial charge on any atom is -0.462 e. The van der Waals surface area contributed by atoms with E-state index in [1.807, 2.05) is 20.8 Å². The highest BCUT2D eigenvalue weighted by molar-refractivity contribution is 6.01. The van der Waals surface area contributed by atoms with E-state index in [-0.39, 0.29) is 63.4 Å². The molecule has 0 spiro atoms. The highest BCUT2D eigenvalue weighted by atomic mass is 16.6. The number of esters is 2. The largest absolute Gasteiger partial charge is 0.462 e. The smallest absolute Gasteiger partial charge is 0.312 e. The molecule has 0 radical (unpaired) electrons. The summed E-state index contributed by atoms with van der Waals surface area (Å²) < 4.78 is 12.0. The maximum absolute atomic E-state index is 14.0. The Bertz CT molecular complexity index is 1620. The van der Waals surface area contributed by atoms with Gasteiger partial charge in [0.05, 0.1) is 11.8 Å². The maximum atomic E-state index is 14.0. The second-order valence-electron chi connectivity index (χ2n) is 22.8. The Morgan fingerprint density at radius 2 is 1.50 bits per heavy atom. The van der Waals surface area contributed by atoms with E-state index >= 15 is 0 Å². The Hall–Kier alpha value is -2.44. The van der Waals surface area contributed by atoms with Crippen LogP contribution in [-0.4, -0.2) is 41.9 Å². The molecule has 0 bridgehead atoms. The summed E-state index contributed by atoms with van der Waals surface area (Å²) in [6, 6.07) is 0. The fourth-order valence-electron chi connectivity index (χ4n) is 14.0. The zero-order chi connectivity index (χ0) is 41.3. The highest BCUT2D eigenvalue weighted by Crippen LogP contribution is 2.77. The molecule has 0 unspecified atom stereocenters. The van der Waals surface area contributed by atoms with E-state index in [1.54, 1.807) is 19.9 Å². The number of nitrogens with one attached hydrogen (secondary N) is 1. The SMILES string of the molecule is CC(C)C1=C2[C@H]3CC[C@@H]4[C@@]5(C)CC[C@H](OC(=O)CC(C)(C)C(=O)OC(C)(C)C)C(C)(C)[C@@H]5CC[C@@]4(C)[C@]3(C)CC[C@@]2(/C=C/C(=O)NCC2CCCCC2)CC1=O. The molecule has 8 atom stereocenters. The number of fused-ring (bicyclic) bond motifs is 7. The Morgan fingerprint density at radius 1 is 0.821 bits per heavy atom. The predicted molar refractivity (Wildman–Crippen MR) is 222 cm³/mol. The normalized spacial score (nSPS) is 37.4. The molecule has 1 amide bonds. The van der Waals surface area contributed by atoms with Gasteiger partial charge in [-0.2, -0.15) is 0 Å². The van der Waals surface area contributed by atoms with Crippen LogP contribution >= 0.6 is 0 Å². The predicted octanol–water partition coefficient (Wildman–Crippen LogP) is 10.9. The van der Waals surface area contributed by atoms with Crippen LogP contribution in [0.4, 0.5) is 0 Å². The Labute approximate surface area is 339 Å². The summed E-state index contributed by atoms with van der Waals surface area (Å²) in [6.45, 7) is 26.6. The Kier molecular flexibility index (Phi) is 11.5. The van der Waals surface area contributed by atoms with Gasteiger partial charge in [0.2, 0.25) is 5.91 Å². The molecule has 0 heterocycles. The summed E-state index contributed by atoms with van der Waals surface area (Å²) in [7, 11) is 0. The molecular formula is C49H77NO6. The number of rotatable bonds is 9. The third kappa shape index (κ3) is 7.50. The van der Waals surface area contributed by atoms with Gasteiger partial charge in [0.1, 0.15) is 11.7 Å². The van der Waals surface area contributed by atoms with Gasteiger partial charge in [-0.3, -0.25) is 19.2 Å². The summed E-state index contributed by atoms with van der Waals surface area (Å²) in [5.41, 5.74) is 0.467. The molecule has 0 aliphatic heterocycles. The highest BCUT2D eigenvalue weighted by Gasteiger charge is 2.70. The molecule has 5 saturated carbocycles. The van der Waals surface area contributed by atoms with Crippen molar-refractivity contribution in [1.82, 2.24) is 5.32 Å². The van der Waals surface area contributed by atoms with Gasteiger partial charge in [0.15, 0.2) is 5.78 Å². The second kappa shape index (κ2) is 15.0. The van der Waals surface area contributed by atoms with Crippen molar-refractivity contribution in [3.8, 4) is 0 Å². The van der Waals surface area contributed by atoms with Crippen molar-refractivity contribution in [2.75, 3.05) is 6.54 Å². The first-order valence-corrected chi connectivity index (χ1v) is 22.6. The van der Waals surface area contributed by atoms with E-state index in [2.05, 4.69) is 59.9 Å². The zero-order valence-corrected chi connectivity index (χ0v) is 37.4. The molecule has 7 heteroatoms. The van der Waals surface area contributed by atoms with Gasteiger partial charge < -0.3 is 14.8 Å². The lowest BCUT2D eigenvalue weighted by atomic mass is 9.33. The quantitative estimate of drug-likeness (QED) is 0.185. The van der Waals surface area contributed by atoms with Gasteiger partial charge in [-0.1, -0.05) is 73.8 Å². The zero-order valence-electron chi connectivity index (χ0n) is 37.4. The third-order valence-electron chi connectivity index (χ3n) is 17.1. The van der Waals surface area contributed by atoms with Gasteiger partial charge in [0.25, 0.3) is 0 Å². The van der Waals surface area contributed by atoms with Crippen molar-refractivity contribution >= 4 is 23.6 Å². The summed E-state index contributed by atoms with van der Waals surface area (Å²) in [5.74, 6) is 1.55. The van der Waals surface area contributed by atoms with Crippen molar-refractivity contribution in [2.45, 2.75) is 191 Å². The Morgan fingerprint density at radius 3 is 2.14 bits per heavy atom. The van der Waals surface area contributed by atoms with Crippen LogP contribution in [0, 0.1) is 62.1 Å². The fourth-order valence-corrected chi connectivity index (χ4v) is 14.0. The van der Waals surface area contributed by atoms with Crippen LogP contribution in [0.2, 0.25) is 0 Å². The van der Waals surface area contributed by atoms with Gasteiger partial charge >= 0.3 is 11.9 Å². The van der Waals surface area contributed by atoms with Crippen molar-refractivity contribution in [1.29, 1.82) is 0 Å². The minimum absolute atomic E-state index is 0.00456. The molecule has 0 aromatic rings. The average molecular weight is 776 g/mol. The molecule has 7 nitrogen and oxygen atoms in total. The van der Waals surface area contributed by atoms with Crippen molar-refractivity contribution in [3.63, 3.8) is 0 Å². The lowest BCUT2D eigenvalue weighted by molar-refractivity contribution is -0.232. The second-order valence-corrected chi connectivity index (χ2v) is 22.8. The Balaban J connectivity index is 1.21. The molecule has 6 aliphatic rings. The standard InChI is InChI=1S/C49H77NO6/c1-31(2)40-34(51)28-49(25-22-38(52)50-30-32-16-14-13-15-17-32)27-26-47(11)33(41(40)49)18-19-36-46(10)23-21-37(45(8,9)35(46)20-24-48(36,47)12)55-39(53)29-44(6,7)42(54)56-43(3,4)5/h22,25,31-33,35-37H,13-21,23-24,26-30H2,1-12H3,(H,50,52)/b25-22+/t33-,35+,36-,37+,46+,47-,48-,49+/m1/s1. The van der Waals surface area contributed by atoms with Crippen LogP contribution in [0.5, 0.6) is 0 Å². The molecule has 0 aromatic carbocycles. The molecule has 6 rings (SSSR count). The van der Waals surface area contributed by atoms with Gasteiger partial charge in [-0.15, -0.1) is 0 Å². The summed E-state index contributed by atoms with van der Waals surface area (Å²) in [5, 5.41) is 3.22. The maximum Gasteiger partial charge on any atom is 0.312 e. The first-order chi connectivity index (χ1) is 25.9. The van der Waals surface area contributed by atoms with Crippen molar-refractivity contribution in [2.24, 2.45) is 62.1 Å². The third-order valence-corrected chi connectivity index (χ3v) is 17.1. The van der Waals surface area contributed by atoms with Crippen LogP contribution in [0.3, 0.4) is 0 Å². The van der Waals surface area contributed by atoms with Gasteiger partial charge in [0, 0.05) is 23.8 Å². The van der Waals surface area contributed by atoms with Crippen LogP contribution in [0.15, 0.2) is 23.3 Å². The van der Waals surface area contributed by atoms with E-state index in [1.165, 1.54) is 37.7 Å². The molecule has 0 saturated heterocycles. The van der Waals surface area contributed by atoms with Gasteiger partial charge in [-0.25, -0.2) is 0 Å². The number of ketones is 1.